The number of nitrogens with zero attached hydrogens (tertiary/aromatic N) is 5. The number of piperidine rings is 1. The Morgan fingerprint density at radius 1 is 1.20 bits per heavy atom. The summed E-state index contributed by atoms with van der Waals surface area (Å²) in [4.78, 5) is 16.0. The maximum atomic E-state index is 6.14. The number of methoxy groups -OCH3 is 1. The van der Waals surface area contributed by atoms with Crippen molar-refractivity contribution in [1.29, 1.82) is 0 Å². The molecule has 0 saturated carbocycles. The summed E-state index contributed by atoms with van der Waals surface area (Å²) in [6.07, 6.45) is 11.5. The zero-order chi connectivity index (χ0) is 20.6. The minimum atomic E-state index is -0.339. The highest BCUT2D eigenvalue weighted by atomic mass is 16.5. The van der Waals surface area contributed by atoms with E-state index in [9.17, 15) is 0 Å². The van der Waals surface area contributed by atoms with E-state index in [-0.39, 0.29) is 11.6 Å². The molecule has 8 heteroatoms. The van der Waals surface area contributed by atoms with E-state index in [0.29, 0.717) is 19.0 Å². The Labute approximate surface area is 175 Å². The van der Waals surface area contributed by atoms with Crippen LogP contribution in [0.25, 0.3) is 11.3 Å². The molecule has 1 unspecified atom stereocenters. The number of imidazole rings is 1. The molecule has 30 heavy (non-hydrogen) atoms. The van der Waals surface area contributed by atoms with Crippen molar-refractivity contribution in [2.75, 3.05) is 38.3 Å². The minimum absolute atomic E-state index is 0.236. The number of aromatic nitrogens is 4. The summed E-state index contributed by atoms with van der Waals surface area (Å²) >= 11 is 0. The first kappa shape index (κ1) is 19.0. The van der Waals surface area contributed by atoms with Crippen molar-refractivity contribution in [3.63, 3.8) is 0 Å². The Morgan fingerprint density at radius 2 is 2.10 bits per heavy atom. The highest BCUT2D eigenvalue weighted by Crippen LogP contribution is 2.35. The first-order valence-corrected chi connectivity index (χ1v) is 10.3. The second kappa shape index (κ2) is 7.70. The molecular weight excluding hydrogens is 380 g/mol. The molecule has 3 aromatic heterocycles. The zero-order valence-electron chi connectivity index (χ0n) is 17.1. The lowest BCUT2D eigenvalue weighted by molar-refractivity contribution is -0.0784. The summed E-state index contributed by atoms with van der Waals surface area (Å²) in [5.74, 6) is 0.707. The molecular formula is C22H26N6O2. The van der Waals surface area contributed by atoms with Crippen molar-refractivity contribution in [2.45, 2.75) is 24.4 Å². The van der Waals surface area contributed by atoms with Gasteiger partial charge in [-0.3, -0.25) is 9.97 Å². The SMILES string of the molecule is COc1cncc(-c2cn(C3(c4ccc(N5CCCC(N)C5)cn4)COC3)cn2)c1. The first-order chi connectivity index (χ1) is 14.7. The number of nitrogens with two attached hydrogens (primary N) is 1. The molecule has 2 N–H and O–H groups in total. The van der Waals surface area contributed by atoms with E-state index in [1.807, 2.05) is 24.8 Å². The Kier molecular flexibility index (Phi) is 4.88. The minimum Gasteiger partial charge on any atom is -0.495 e. The lowest BCUT2D eigenvalue weighted by Gasteiger charge is -2.42. The number of hydrogen-bond acceptors (Lipinski definition) is 7. The second-order valence-corrected chi connectivity index (χ2v) is 8.05. The molecule has 0 amide bonds. The third-order valence-electron chi connectivity index (χ3n) is 6.05. The number of ether oxygens (including phenoxy) is 2. The predicted octanol–water partition coefficient (Wildman–Crippen LogP) is 2.05. The van der Waals surface area contributed by atoms with Crippen LogP contribution in [0, 0.1) is 0 Å². The van der Waals surface area contributed by atoms with Crippen LogP contribution >= 0.6 is 0 Å². The van der Waals surface area contributed by atoms with E-state index in [0.717, 1.165) is 48.6 Å². The fourth-order valence-corrected chi connectivity index (χ4v) is 4.19. The van der Waals surface area contributed by atoms with Gasteiger partial charge in [-0.15, -0.1) is 0 Å². The highest BCUT2D eigenvalue weighted by Gasteiger charge is 2.43. The summed E-state index contributed by atoms with van der Waals surface area (Å²) in [7, 11) is 1.63. The van der Waals surface area contributed by atoms with Crippen LogP contribution in [0.2, 0.25) is 0 Å². The van der Waals surface area contributed by atoms with Gasteiger partial charge in [0.25, 0.3) is 0 Å². The lowest BCUT2D eigenvalue weighted by atomic mass is 9.92. The Morgan fingerprint density at radius 3 is 2.80 bits per heavy atom. The largest absolute Gasteiger partial charge is 0.495 e. The smallest absolute Gasteiger partial charge is 0.137 e. The van der Waals surface area contributed by atoms with Crippen LogP contribution < -0.4 is 15.4 Å². The predicted molar refractivity (Wildman–Crippen MR) is 114 cm³/mol. The van der Waals surface area contributed by atoms with E-state index in [2.05, 4.69) is 31.6 Å². The molecule has 0 aliphatic carbocycles. The number of pyridine rings is 2. The van der Waals surface area contributed by atoms with Crippen LogP contribution in [0.1, 0.15) is 18.5 Å². The van der Waals surface area contributed by atoms with Crippen molar-refractivity contribution >= 4 is 5.69 Å². The molecule has 2 aliphatic heterocycles. The monoisotopic (exact) mass is 406 g/mol. The molecule has 0 bridgehead atoms. The van der Waals surface area contributed by atoms with Gasteiger partial charge in [-0.1, -0.05) is 0 Å². The summed E-state index contributed by atoms with van der Waals surface area (Å²) in [6, 6.07) is 6.41. The van der Waals surface area contributed by atoms with Gasteiger partial charge in [-0.25, -0.2) is 4.98 Å². The van der Waals surface area contributed by atoms with Crippen LogP contribution in [0.4, 0.5) is 5.69 Å². The molecule has 5 rings (SSSR count). The van der Waals surface area contributed by atoms with Gasteiger partial charge in [-0.05, 0) is 31.0 Å². The maximum absolute atomic E-state index is 6.14. The molecule has 5 heterocycles. The third kappa shape index (κ3) is 3.32. The van der Waals surface area contributed by atoms with Crippen molar-refractivity contribution in [2.24, 2.45) is 5.73 Å². The molecule has 8 nitrogen and oxygen atoms in total. The quantitative estimate of drug-likeness (QED) is 0.693. The molecule has 1 atom stereocenters. The number of anilines is 1. The van der Waals surface area contributed by atoms with Gasteiger partial charge in [0.15, 0.2) is 0 Å². The van der Waals surface area contributed by atoms with Gasteiger partial charge in [0, 0.05) is 37.1 Å². The van der Waals surface area contributed by atoms with E-state index < -0.39 is 0 Å². The summed E-state index contributed by atoms with van der Waals surface area (Å²) < 4.78 is 13.0. The van der Waals surface area contributed by atoms with Crippen molar-refractivity contribution in [3.8, 4) is 17.0 Å². The lowest BCUT2D eigenvalue weighted by Crippen LogP contribution is -2.52. The number of rotatable bonds is 5. The highest BCUT2D eigenvalue weighted by molar-refractivity contribution is 5.59. The van der Waals surface area contributed by atoms with Crippen LogP contribution in [0.3, 0.4) is 0 Å². The van der Waals surface area contributed by atoms with Gasteiger partial charge < -0.3 is 24.7 Å². The van der Waals surface area contributed by atoms with Crippen LogP contribution in [-0.2, 0) is 10.3 Å². The first-order valence-electron chi connectivity index (χ1n) is 10.3. The van der Waals surface area contributed by atoms with Crippen LogP contribution in [0.5, 0.6) is 5.75 Å². The van der Waals surface area contributed by atoms with Crippen LogP contribution in [-0.4, -0.2) is 59.0 Å². The van der Waals surface area contributed by atoms with Gasteiger partial charge in [-0.2, -0.15) is 0 Å². The maximum Gasteiger partial charge on any atom is 0.137 e. The molecule has 0 spiro atoms. The normalized spacial score (nSPS) is 20.6. The fourth-order valence-electron chi connectivity index (χ4n) is 4.19. The fraction of sp³-hybridized carbons (Fsp3) is 0.409. The second-order valence-electron chi connectivity index (χ2n) is 8.05. The number of hydrogen-bond donors (Lipinski definition) is 1. The van der Waals surface area contributed by atoms with Gasteiger partial charge in [0.05, 0.1) is 56.1 Å². The van der Waals surface area contributed by atoms with Crippen molar-refractivity contribution in [3.05, 3.63) is 55.0 Å². The summed E-state index contributed by atoms with van der Waals surface area (Å²) in [5, 5.41) is 0. The van der Waals surface area contributed by atoms with Crippen LogP contribution in [0.15, 0.2) is 49.3 Å². The Balaban J connectivity index is 1.41. The van der Waals surface area contributed by atoms with Gasteiger partial charge >= 0.3 is 0 Å². The summed E-state index contributed by atoms with van der Waals surface area (Å²) in [6.45, 7) is 3.05. The van der Waals surface area contributed by atoms with Crippen molar-refractivity contribution < 1.29 is 9.47 Å². The molecule has 2 fully saturated rings. The van der Waals surface area contributed by atoms with E-state index in [1.165, 1.54) is 0 Å². The molecule has 3 aromatic rings. The molecule has 0 radical (unpaired) electrons. The van der Waals surface area contributed by atoms with E-state index in [4.69, 9.17) is 20.2 Å². The van der Waals surface area contributed by atoms with Crippen molar-refractivity contribution in [1.82, 2.24) is 19.5 Å². The molecule has 0 aromatic carbocycles. The Bertz CT molecular complexity index is 1010. The topological polar surface area (TPSA) is 91.3 Å². The zero-order valence-corrected chi connectivity index (χ0v) is 17.1. The Hall–Kier alpha value is -2.97. The van der Waals surface area contributed by atoms with Gasteiger partial charge in [0.2, 0.25) is 0 Å². The van der Waals surface area contributed by atoms with E-state index in [1.54, 1.807) is 19.5 Å². The molecule has 156 valence electrons. The molecule has 2 aliphatic rings. The van der Waals surface area contributed by atoms with E-state index >= 15 is 0 Å². The third-order valence-corrected chi connectivity index (χ3v) is 6.05. The standard InChI is InChI=1S/C22H26N6O2/c1-29-19-7-16(8-24-10-19)20-12-28(15-26-20)22(13-30-14-22)21-5-4-18(9-25-21)27-6-2-3-17(23)11-27/h4-5,7-10,12,15,17H,2-3,6,11,13-14,23H2,1H3. The van der Waals surface area contributed by atoms with Gasteiger partial charge in [0.1, 0.15) is 11.3 Å². The summed E-state index contributed by atoms with van der Waals surface area (Å²) in [5.41, 5.74) is 9.65. The average molecular weight is 406 g/mol. The molecule has 2 saturated heterocycles. The average Bonchev–Trinajstić information content (AvgIpc) is 3.24.